The van der Waals surface area contributed by atoms with Crippen molar-refractivity contribution in [3.05, 3.63) is 34.9 Å². The fraction of sp³-hybridized carbons (Fsp3) is 0.533. The van der Waals surface area contributed by atoms with Gasteiger partial charge >= 0.3 is 0 Å². The van der Waals surface area contributed by atoms with Crippen molar-refractivity contribution in [1.82, 2.24) is 4.90 Å². The number of nitrogens with zero attached hydrogens (tertiary/aromatic N) is 1. The SMILES string of the molecule is CCOC(C)C(=O)N(Cc1ccccc1Cl)C1CC1. The van der Waals surface area contributed by atoms with Gasteiger partial charge in [-0.3, -0.25) is 4.79 Å². The van der Waals surface area contributed by atoms with Crippen molar-refractivity contribution in [2.24, 2.45) is 0 Å². The van der Waals surface area contributed by atoms with Gasteiger partial charge in [0.1, 0.15) is 6.10 Å². The summed E-state index contributed by atoms with van der Waals surface area (Å²) in [7, 11) is 0. The van der Waals surface area contributed by atoms with Crippen LogP contribution in [0.1, 0.15) is 32.3 Å². The first-order valence-corrected chi connectivity index (χ1v) is 7.16. The van der Waals surface area contributed by atoms with Crippen LogP contribution < -0.4 is 0 Å². The molecule has 1 atom stereocenters. The summed E-state index contributed by atoms with van der Waals surface area (Å²) in [6, 6.07) is 8.03. The summed E-state index contributed by atoms with van der Waals surface area (Å²) in [6.45, 7) is 4.84. The van der Waals surface area contributed by atoms with E-state index in [1.807, 2.05) is 43.0 Å². The van der Waals surface area contributed by atoms with E-state index in [9.17, 15) is 4.79 Å². The van der Waals surface area contributed by atoms with E-state index in [1.165, 1.54) is 0 Å². The summed E-state index contributed by atoms with van der Waals surface area (Å²) >= 11 is 6.17. The van der Waals surface area contributed by atoms with Crippen LogP contribution in [0, 0.1) is 0 Å². The molecule has 0 radical (unpaired) electrons. The highest BCUT2D eigenvalue weighted by Gasteiger charge is 2.34. The van der Waals surface area contributed by atoms with E-state index in [2.05, 4.69) is 0 Å². The van der Waals surface area contributed by atoms with Gasteiger partial charge in [-0.15, -0.1) is 0 Å². The Hall–Kier alpha value is -1.06. The number of ether oxygens (including phenoxy) is 1. The summed E-state index contributed by atoms with van der Waals surface area (Å²) in [4.78, 5) is 14.3. The van der Waals surface area contributed by atoms with Crippen LogP contribution >= 0.6 is 11.6 Å². The normalized spacial score (nSPS) is 16.2. The molecular formula is C15H20ClNO2. The number of hydrogen-bond donors (Lipinski definition) is 0. The topological polar surface area (TPSA) is 29.5 Å². The molecule has 1 saturated carbocycles. The van der Waals surface area contributed by atoms with Gasteiger partial charge in [-0.05, 0) is 38.3 Å². The van der Waals surface area contributed by atoms with Crippen LogP contribution in [-0.2, 0) is 16.1 Å². The predicted octanol–water partition coefficient (Wildman–Crippen LogP) is 3.26. The molecule has 0 bridgehead atoms. The molecule has 19 heavy (non-hydrogen) atoms. The Bertz CT molecular complexity index is 446. The molecule has 1 fully saturated rings. The van der Waals surface area contributed by atoms with Crippen molar-refractivity contribution in [3.63, 3.8) is 0 Å². The Balaban J connectivity index is 2.08. The smallest absolute Gasteiger partial charge is 0.251 e. The van der Waals surface area contributed by atoms with Gasteiger partial charge in [0, 0.05) is 24.2 Å². The third-order valence-corrected chi connectivity index (χ3v) is 3.70. The summed E-state index contributed by atoms with van der Waals surface area (Å²) in [5, 5.41) is 0.713. The minimum Gasteiger partial charge on any atom is -0.369 e. The van der Waals surface area contributed by atoms with Crippen LogP contribution in [0.4, 0.5) is 0 Å². The van der Waals surface area contributed by atoms with Gasteiger partial charge in [-0.1, -0.05) is 29.8 Å². The number of carbonyl (C=O) groups is 1. The molecule has 3 nitrogen and oxygen atoms in total. The highest BCUT2D eigenvalue weighted by Crippen LogP contribution is 2.30. The zero-order chi connectivity index (χ0) is 13.8. The Morgan fingerprint density at radius 2 is 2.16 bits per heavy atom. The van der Waals surface area contributed by atoms with Crippen LogP contribution in [0.3, 0.4) is 0 Å². The zero-order valence-corrected chi connectivity index (χ0v) is 12.2. The van der Waals surface area contributed by atoms with Gasteiger partial charge in [0.2, 0.25) is 0 Å². The zero-order valence-electron chi connectivity index (χ0n) is 11.4. The first kappa shape index (κ1) is 14.4. The summed E-state index contributed by atoms with van der Waals surface area (Å²) < 4.78 is 5.41. The van der Waals surface area contributed by atoms with Gasteiger partial charge in [0.25, 0.3) is 5.91 Å². The third kappa shape index (κ3) is 3.71. The van der Waals surface area contributed by atoms with Crippen molar-refractivity contribution in [3.8, 4) is 0 Å². The second kappa shape index (κ2) is 6.40. The Morgan fingerprint density at radius 3 is 2.74 bits per heavy atom. The van der Waals surface area contributed by atoms with Crippen molar-refractivity contribution in [2.45, 2.75) is 45.4 Å². The number of halogens is 1. The monoisotopic (exact) mass is 281 g/mol. The van der Waals surface area contributed by atoms with Crippen LogP contribution in [0.25, 0.3) is 0 Å². The highest BCUT2D eigenvalue weighted by molar-refractivity contribution is 6.31. The largest absolute Gasteiger partial charge is 0.369 e. The standard InChI is InChI=1S/C15H20ClNO2/c1-3-19-11(2)15(18)17(13-8-9-13)10-12-6-4-5-7-14(12)16/h4-7,11,13H,3,8-10H2,1-2H3. The molecule has 0 heterocycles. The van der Waals surface area contributed by atoms with Crippen LogP contribution in [0.15, 0.2) is 24.3 Å². The molecule has 1 aromatic carbocycles. The number of hydrogen-bond acceptors (Lipinski definition) is 2. The van der Waals surface area contributed by atoms with Crippen LogP contribution in [0.5, 0.6) is 0 Å². The second-order valence-electron chi connectivity index (χ2n) is 4.89. The molecule has 0 saturated heterocycles. The van der Waals surface area contributed by atoms with E-state index in [-0.39, 0.29) is 12.0 Å². The second-order valence-corrected chi connectivity index (χ2v) is 5.29. The fourth-order valence-corrected chi connectivity index (χ4v) is 2.33. The molecule has 0 aliphatic heterocycles. The molecule has 0 aromatic heterocycles. The van der Waals surface area contributed by atoms with Gasteiger partial charge in [-0.2, -0.15) is 0 Å². The number of benzene rings is 1. The Kier molecular flexibility index (Phi) is 4.83. The minimum absolute atomic E-state index is 0.0595. The average molecular weight is 282 g/mol. The van der Waals surface area contributed by atoms with Crippen molar-refractivity contribution >= 4 is 17.5 Å². The number of carbonyl (C=O) groups excluding carboxylic acids is 1. The highest BCUT2D eigenvalue weighted by atomic mass is 35.5. The lowest BCUT2D eigenvalue weighted by Crippen LogP contribution is -2.40. The van der Waals surface area contributed by atoms with E-state index in [0.29, 0.717) is 24.2 Å². The van der Waals surface area contributed by atoms with Crippen molar-refractivity contribution in [2.75, 3.05) is 6.61 Å². The molecule has 2 rings (SSSR count). The van der Waals surface area contributed by atoms with E-state index in [1.54, 1.807) is 0 Å². The molecule has 0 N–H and O–H groups in total. The molecule has 1 amide bonds. The third-order valence-electron chi connectivity index (χ3n) is 3.33. The maximum atomic E-state index is 12.4. The fourth-order valence-electron chi connectivity index (χ4n) is 2.14. The summed E-state index contributed by atoms with van der Waals surface area (Å²) in [5.41, 5.74) is 0.994. The number of rotatable bonds is 6. The van der Waals surface area contributed by atoms with E-state index in [0.717, 1.165) is 18.4 Å². The molecule has 1 aliphatic rings. The number of amides is 1. The van der Waals surface area contributed by atoms with Gasteiger partial charge in [0.15, 0.2) is 0 Å². The van der Waals surface area contributed by atoms with Crippen molar-refractivity contribution < 1.29 is 9.53 Å². The molecule has 1 unspecified atom stereocenters. The summed E-state index contributed by atoms with van der Waals surface area (Å²) in [5.74, 6) is 0.0595. The van der Waals surface area contributed by atoms with E-state index < -0.39 is 0 Å². The van der Waals surface area contributed by atoms with Crippen molar-refractivity contribution in [1.29, 1.82) is 0 Å². The lowest BCUT2D eigenvalue weighted by Gasteiger charge is -2.26. The summed E-state index contributed by atoms with van der Waals surface area (Å²) in [6.07, 6.45) is 1.78. The van der Waals surface area contributed by atoms with E-state index in [4.69, 9.17) is 16.3 Å². The first-order valence-electron chi connectivity index (χ1n) is 6.79. The molecule has 4 heteroatoms. The molecule has 1 aliphatic carbocycles. The molecular weight excluding hydrogens is 262 g/mol. The maximum absolute atomic E-state index is 12.4. The van der Waals surface area contributed by atoms with Gasteiger partial charge < -0.3 is 9.64 Å². The predicted molar refractivity (Wildman–Crippen MR) is 76.1 cm³/mol. The van der Waals surface area contributed by atoms with Crippen LogP contribution in [-0.4, -0.2) is 29.6 Å². The maximum Gasteiger partial charge on any atom is 0.251 e. The lowest BCUT2D eigenvalue weighted by atomic mass is 10.2. The Morgan fingerprint density at radius 1 is 1.47 bits per heavy atom. The lowest BCUT2D eigenvalue weighted by molar-refractivity contribution is -0.143. The van der Waals surface area contributed by atoms with Gasteiger partial charge in [0.05, 0.1) is 0 Å². The minimum atomic E-state index is -0.381. The molecule has 0 spiro atoms. The molecule has 104 valence electrons. The van der Waals surface area contributed by atoms with E-state index >= 15 is 0 Å². The quantitative estimate of drug-likeness (QED) is 0.801. The first-order chi connectivity index (χ1) is 9.13. The van der Waals surface area contributed by atoms with Crippen LogP contribution in [0.2, 0.25) is 5.02 Å². The Labute approximate surface area is 119 Å². The average Bonchev–Trinajstić information content (AvgIpc) is 3.21. The molecule has 1 aromatic rings. The van der Waals surface area contributed by atoms with Gasteiger partial charge in [-0.25, -0.2) is 0 Å².